The van der Waals surface area contributed by atoms with E-state index in [0.29, 0.717) is 11.3 Å². The second kappa shape index (κ2) is 8.50. The molecular weight excluding hydrogens is 341 g/mol. The Kier molecular flexibility index (Phi) is 7.31. The standard InChI is InChI=1S/C13H15F3N2O2S.ClH/c14-13(15,16)7-20-11-4-2-1-3-9(11)5-17-12(19)10-6-21-8-18-10;/h1-4,10,18H,5-8H2,(H,17,19);1H. The van der Waals surface area contributed by atoms with Gasteiger partial charge in [-0.25, -0.2) is 0 Å². The Balaban J connectivity index is 0.00000242. The molecule has 1 atom stereocenters. The third kappa shape index (κ3) is 5.94. The lowest BCUT2D eigenvalue weighted by atomic mass is 10.2. The predicted octanol–water partition coefficient (Wildman–Crippen LogP) is 2.33. The molecule has 0 aliphatic carbocycles. The average Bonchev–Trinajstić information content (AvgIpc) is 2.96. The zero-order chi connectivity index (χ0) is 15.3. The number of alkyl halides is 3. The van der Waals surface area contributed by atoms with Crippen molar-refractivity contribution in [1.29, 1.82) is 0 Å². The van der Waals surface area contributed by atoms with E-state index in [0.717, 1.165) is 5.88 Å². The molecule has 2 rings (SSSR count). The van der Waals surface area contributed by atoms with E-state index in [-0.39, 0.29) is 36.7 Å². The Morgan fingerprint density at radius 1 is 1.41 bits per heavy atom. The molecule has 22 heavy (non-hydrogen) atoms. The van der Waals surface area contributed by atoms with Crippen LogP contribution < -0.4 is 15.4 Å². The summed E-state index contributed by atoms with van der Waals surface area (Å²) in [4.78, 5) is 11.8. The van der Waals surface area contributed by atoms with Gasteiger partial charge in [-0.2, -0.15) is 13.2 Å². The van der Waals surface area contributed by atoms with E-state index in [1.807, 2.05) is 0 Å². The van der Waals surface area contributed by atoms with E-state index in [9.17, 15) is 18.0 Å². The van der Waals surface area contributed by atoms with Crippen molar-refractivity contribution in [2.45, 2.75) is 18.8 Å². The quantitative estimate of drug-likeness (QED) is 0.850. The summed E-state index contributed by atoms with van der Waals surface area (Å²) < 4.78 is 41.3. The summed E-state index contributed by atoms with van der Waals surface area (Å²) in [6.45, 7) is -1.21. The first-order valence-electron chi connectivity index (χ1n) is 6.32. The van der Waals surface area contributed by atoms with Crippen LogP contribution in [0.2, 0.25) is 0 Å². The molecule has 2 N–H and O–H groups in total. The molecule has 9 heteroatoms. The summed E-state index contributed by atoms with van der Waals surface area (Å²) in [5, 5.41) is 5.73. The van der Waals surface area contributed by atoms with Gasteiger partial charge in [0.2, 0.25) is 5.91 Å². The van der Waals surface area contributed by atoms with Gasteiger partial charge in [-0.05, 0) is 6.07 Å². The van der Waals surface area contributed by atoms with Crippen LogP contribution in [-0.4, -0.2) is 36.4 Å². The number of nitrogens with one attached hydrogen (secondary N) is 2. The normalized spacial score (nSPS) is 17.7. The highest BCUT2D eigenvalue weighted by atomic mass is 35.5. The fourth-order valence-corrected chi connectivity index (χ4v) is 2.76. The van der Waals surface area contributed by atoms with Gasteiger partial charge >= 0.3 is 6.18 Å². The van der Waals surface area contributed by atoms with Crippen LogP contribution in [-0.2, 0) is 11.3 Å². The molecule has 1 unspecified atom stereocenters. The Hall–Kier alpha value is -1.12. The van der Waals surface area contributed by atoms with E-state index in [1.165, 1.54) is 6.07 Å². The molecule has 0 saturated carbocycles. The number of carbonyl (C=O) groups excluding carboxylic acids is 1. The number of hydrogen-bond acceptors (Lipinski definition) is 4. The Labute approximate surface area is 136 Å². The smallest absolute Gasteiger partial charge is 0.422 e. The molecule has 0 bridgehead atoms. The van der Waals surface area contributed by atoms with Gasteiger partial charge in [0.1, 0.15) is 5.75 Å². The number of rotatable bonds is 5. The van der Waals surface area contributed by atoms with Gasteiger partial charge < -0.3 is 10.1 Å². The summed E-state index contributed by atoms with van der Waals surface area (Å²) in [5.74, 6) is 1.39. The number of para-hydroxylation sites is 1. The molecule has 4 nitrogen and oxygen atoms in total. The van der Waals surface area contributed by atoms with Crippen molar-refractivity contribution in [2.75, 3.05) is 18.2 Å². The van der Waals surface area contributed by atoms with Crippen LogP contribution in [0.1, 0.15) is 5.56 Å². The van der Waals surface area contributed by atoms with Gasteiger partial charge in [0.05, 0.1) is 6.04 Å². The fourth-order valence-electron chi connectivity index (χ4n) is 1.82. The average molecular weight is 357 g/mol. The zero-order valence-electron chi connectivity index (χ0n) is 11.5. The van der Waals surface area contributed by atoms with Crippen LogP contribution in [0.3, 0.4) is 0 Å². The van der Waals surface area contributed by atoms with Crippen LogP contribution in [0.25, 0.3) is 0 Å². The van der Waals surface area contributed by atoms with Gasteiger partial charge in [0.15, 0.2) is 6.61 Å². The van der Waals surface area contributed by atoms with Crippen molar-refractivity contribution in [1.82, 2.24) is 10.6 Å². The number of carbonyl (C=O) groups is 1. The minimum atomic E-state index is -4.39. The zero-order valence-corrected chi connectivity index (χ0v) is 13.1. The molecule has 1 aliphatic heterocycles. The van der Waals surface area contributed by atoms with E-state index in [1.54, 1.807) is 30.0 Å². The lowest BCUT2D eigenvalue weighted by Gasteiger charge is -2.15. The molecule has 0 spiro atoms. The number of amides is 1. The monoisotopic (exact) mass is 356 g/mol. The van der Waals surface area contributed by atoms with Crippen molar-refractivity contribution in [3.63, 3.8) is 0 Å². The SMILES string of the molecule is Cl.O=C(NCc1ccccc1OCC(F)(F)F)C1CSCN1. The molecule has 124 valence electrons. The third-order valence-corrected chi connectivity index (χ3v) is 3.79. The summed E-state index contributed by atoms with van der Waals surface area (Å²) in [5.41, 5.74) is 0.515. The van der Waals surface area contributed by atoms with Gasteiger partial charge in [-0.1, -0.05) is 18.2 Å². The van der Waals surface area contributed by atoms with Crippen LogP contribution in [0, 0.1) is 0 Å². The highest BCUT2D eigenvalue weighted by Gasteiger charge is 2.29. The fraction of sp³-hybridized carbons (Fsp3) is 0.462. The second-order valence-corrected chi connectivity index (χ2v) is 5.53. The highest BCUT2D eigenvalue weighted by molar-refractivity contribution is 7.99. The molecule has 1 saturated heterocycles. The van der Waals surface area contributed by atoms with E-state index >= 15 is 0 Å². The van der Waals surface area contributed by atoms with Crippen molar-refractivity contribution in [2.24, 2.45) is 0 Å². The van der Waals surface area contributed by atoms with E-state index in [4.69, 9.17) is 4.74 Å². The maximum atomic E-state index is 12.2. The molecule has 1 aromatic carbocycles. The first kappa shape index (κ1) is 18.9. The molecule has 0 aromatic heterocycles. The minimum Gasteiger partial charge on any atom is -0.484 e. The van der Waals surface area contributed by atoms with Crippen molar-refractivity contribution in [3.05, 3.63) is 29.8 Å². The number of benzene rings is 1. The number of thioether (sulfide) groups is 1. The van der Waals surface area contributed by atoms with Crippen LogP contribution in [0.15, 0.2) is 24.3 Å². The first-order chi connectivity index (χ1) is 9.96. The Morgan fingerprint density at radius 2 is 2.14 bits per heavy atom. The van der Waals surface area contributed by atoms with Gasteiger partial charge in [-0.3, -0.25) is 10.1 Å². The van der Waals surface area contributed by atoms with E-state index < -0.39 is 12.8 Å². The first-order valence-corrected chi connectivity index (χ1v) is 7.47. The lowest BCUT2D eigenvalue weighted by molar-refractivity contribution is -0.153. The van der Waals surface area contributed by atoms with Crippen LogP contribution in [0.5, 0.6) is 5.75 Å². The Bertz CT molecular complexity index is 496. The molecule has 0 radical (unpaired) electrons. The maximum absolute atomic E-state index is 12.2. The van der Waals surface area contributed by atoms with Crippen LogP contribution >= 0.6 is 24.2 Å². The van der Waals surface area contributed by atoms with Crippen molar-refractivity contribution < 1.29 is 22.7 Å². The molecule has 1 fully saturated rings. The summed E-state index contributed by atoms with van der Waals surface area (Å²) in [7, 11) is 0. The van der Waals surface area contributed by atoms with Crippen molar-refractivity contribution in [3.8, 4) is 5.75 Å². The molecule has 1 aromatic rings. The largest absolute Gasteiger partial charge is 0.484 e. The maximum Gasteiger partial charge on any atom is 0.422 e. The number of halogens is 4. The lowest BCUT2D eigenvalue weighted by Crippen LogP contribution is -2.41. The van der Waals surface area contributed by atoms with Crippen LogP contribution in [0.4, 0.5) is 13.2 Å². The topological polar surface area (TPSA) is 50.4 Å². The summed E-state index contributed by atoms with van der Waals surface area (Å²) >= 11 is 1.62. The molecule has 1 heterocycles. The van der Waals surface area contributed by atoms with Gasteiger partial charge in [0, 0.05) is 23.7 Å². The molecule has 1 amide bonds. The Morgan fingerprint density at radius 3 is 2.77 bits per heavy atom. The van der Waals surface area contributed by atoms with Gasteiger partial charge in [-0.15, -0.1) is 24.2 Å². The highest BCUT2D eigenvalue weighted by Crippen LogP contribution is 2.22. The van der Waals surface area contributed by atoms with Crippen molar-refractivity contribution >= 4 is 30.1 Å². The molecular formula is C13H16ClF3N2O2S. The molecule has 1 aliphatic rings. The number of ether oxygens (including phenoxy) is 1. The van der Waals surface area contributed by atoms with E-state index in [2.05, 4.69) is 10.6 Å². The minimum absolute atomic E-state index is 0. The second-order valence-electron chi connectivity index (χ2n) is 4.50. The summed E-state index contributed by atoms with van der Waals surface area (Å²) in [6, 6.07) is 6.11. The summed E-state index contributed by atoms with van der Waals surface area (Å²) in [6.07, 6.45) is -4.39. The van der Waals surface area contributed by atoms with Gasteiger partial charge in [0.25, 0.3) is 0 Å². The number of hydrogen-bond donors (Lipinski definition) is 2. The third-order valence-electron chi connectivity index (χ3n) is 2.85. The predicted molar refractivity (Wildman–Crippen MR) is 81.3 cm³/mol.